The summed E-state index contributed by atoms with van der Waals surface area (Å²) >= 11 is 0. The van der Waals surface area contributed by atoms with Gasteiger partial charge in [-0.3, -0.25) is 29.9 Å². The predicted molar refractivity (Wildman–Crippen MR) is 501 cm³/mol. The van der Waals surface area contributed by atoms with Crippen molar-refractivity contribution in [2.45, 2.75) is 34.6 Å². The summed E-state index contributed by atoms with van der Waals surface area (Å²) in [7, 11) is 0. The van der Waals surface area contributed by atoms with Gasteiger partial charge in [-0.25, -0.2) is 74.8 Å². The largest absolute Gasteiger partial charge is 0.265 e. The minimum atomic E-state index is 0.633. The van der Waals surface area contributed by atoms with Crippen molar-refractivity contribution < 1.29 is 0 Å². The van der Waals surface area contributed by atoms with E-state index in [0.717, 1.165) is 117 Å². The number of rotatable bonds is 14. The van der Waals surface area contributed by atoms with Crippen molar-refractivity contribution in [3.8, 4) is 158 Å². The first-order valence-corrected chi connectivity index (χ1v) is 41.0. The summed E-state index contributed by atoms with van der Waals surface area (Å²) in [6.45, 7) is 9.41. The number of para-hydroxylation sites is 2. The first-order chi connectivity index (χ1) is 62.5. The Bertz CT molecular complexity index is 6690. The zero-order chi connectivity index (χ0) is 86.5. The van der Waals surface area contributed by atoms with Crippen molar-refractivity contribution >= 4 is 21.8 Å². The summed E-state index contributed by atoms with van der Waals surface area (Å²) in [5.74, 6) is 10.2. The van der Waals surface area contributed by atoms with E-state index in [1.165, 1.54) is 11.1 Å². The highest BCUT2D eigenvalue weighted by Crippen LogP contribution is 2.34. The molecule has 0 atom stereocenters. The Balaban J connectivity index is 0.000000115. The number of benzene rings is 10. The van der Waals surface area contributed by atoms with Crippen molar-refractivity contribution in [1.82, 2.24) is 105 Å². The van der Waals surface area contributed by atoms with Crippen LogP contribution in [0.15, 0.2) is 390 Å². The molecule has 0 fully saturated rings. The molecule has 0 spiro atoms. The van der Waals surface area contributed by atoms with Crippen LogP contribution in [-0.4, -0.2) is 105 Å². The molecule has 0 aliphatic carbocycles. The highest BCUT2D eigenvalue weighted by atomic mass is 15.1. The van der Waals surface area contributed by atoms with Crippen LogP contribution < -0.4 is 0 Å². The van der Waals surface area contributed by atoms with E-state index < -0.39 is 0 Å². The molecule has 0 saturated heterocycles. The van der Waals surface area contributed by atoms with Gasteiger partial charge in [0.05, 0.1) is 11.0 Å². The van der Waals surface area contributed by atoms with Gasteiger partial charge in [0.25, 0.3) is 0 Å². The Morgan fingerprint density at radius 3 is 0.630 bits per heavy atom. The number of aromatic nitrogens is 21. The van der Waals surface area contributed by atoms with E-state index in [1.807, 2.05) is 241 Å². The maximum Gasteiger partial charge on any atom is 0.165 e. The average Bonchev–Trinajstić information content (AvgIpc) is 0.798. The molecule has 21 rings (SSSR count). The molecule has 0 amide bonds. The van der Waals surface area contributed by atoms with Crippen LogP contribution in [0.3, 0.4) is 0 Å². The van der Waals surface area contributed by atoms with Gasteiger partial charge in [0, 0.05) is 140 Å². The Labute approximate surface area is 733 Å². The third kappa shape index (κ3) is 20.7. The fourth-order valence-corrected chi connectivity index (χ4v) is 14.0. The van der Waals surface area contributed by atoms with E-state index in [0.29, 0.717) is 81.5 Å². The zero-order valence-corrected chi connectivity index (χ0v) is 69.8. The van der Waals surface area contributed by atoms with Crippen LogP contribution in [0.25, 0.3) is 180 Å². The molecule has 10 aromatic carbocycles. The number of hydrogen-bond acceptors (Lipinski definition) is 21. The monoisotopic (exact) mass is 1650 g/mol. The maximum absolute atomic E-state index is 4.83. The smallest absolute Gasteiger partial charge is 0.165 e. The molecule has 0 bridgehead atoms. The van der Waals surface area contributed by atoms with Crippen molar-refractivity contribution in [1.29, 1.82) is 0 Å². The maximum atomic E-state index is 4.83. The standard InChI is InChI=1S/C34H23N5.C21H16N4.C20H15N5.C16H13N3.C15H12N4/c1-22-37-33(27-16-12-23(13-17-27)29-10-2-6-25-8-4-20-35-31(25)29)39-34(38-22)28-18-14-24(15-19-28)30-11-3-7-26-9-5-21-36-32(26)30;1-15-23-20(25-21(24-15)19-8-5-13-22-14-19)18-11-9-17(10-12-18)16-6-3-2-4-7-16;1-14-23-19(25-20(24-14)18-3-2-10-22-13-18)17-6-4-15(5-7-17)16-8-11-21-12-9-16;1-12-17-15(13-8-4-2-5-9-13)19-16(18-12)14-10-6-3-7-11-14;1-11-17-14(12-6-3-2-4-7-12)19-15(18-11)13-8-5-9-16-10-13/h2-21H,1H3;2-14H,1H3;2-13H,1H3;2-11H,1H3;2-10H,1H3. The topological polar surface area (TPSA) is 271 Å². The SMILES string of the molecule is Cc1nc(-c2ccc(-c3cccc4cccnc34)cc2)nc(-c2ccc(-c3cccc4cccnc34)cc2)n1.Cc1nc(-c2ccc(-c3ccccc3)cc2)nc(-c2cccnc2)n1.Cc1nc(-c2ccc(-c3ccncc3)cc2)nc(-c2cccnc2)n1.Cc1nc(-c2ccccc2)nc(-c2ccccc2)n1.Cc1nc(-c2ccccc2)nc(-c2cccnc2)n1. The normalized spacial score (nSPS) is 10.7. The molecule has 21 aromatic rings. The Hall–Kier alpha value is -17.3. The highest BCUT2D eigenvalue weighted by molar-refractivity contribution is 5.95. The Kier molecular flexibility index (Phi) is 25.5. The number of pyridine rings is 6. The quantitative estimate of drug-likeness (QED) is 0.0978. The molecular formula is C106H79N21. The molecule has 0 aliphatic rings. The van der Waals surface area contributed by atoms with Crippen molar-refractivity contribution in [3.63, 3.8) is 0 Å². The Morgan fingerprint density at radius 2 is 0.354 bits per heavy atom. The van der Waals surface area contributed by atoms with Gasteiger partial charge in [-0.15, -0.1) is 0 Å². The van der Waals surface area contributed by atoms with E-state index in [2.05, 4.69) is 233 Å². The highest BCUT2D eigenvalue weighted by Gasteiger charge is 2.17. The molecule has 11 heterocycles. The molecule has 608 valence electrons. The lowest BCUT2D eigenvalue weighted by atomic mass is 10.0. The zero-order valence-electron chi connectivity index (χ0n) is 69.8. The minimum absolute atomic E-state index is 0.633. The van der Waals surface area contributed by atoms with Crippen molar-refractivity contribution in [3.05, 3.63) is 419 Å². The molecule has 0 saturated carbocycles. The van der Waals surface area contributed by atoms with Crippen molar-refractivity contribution in [2.24, 2.45) is 0 Å². The summed E-state index contributed by atoms with van der Waals surface area (Å²) in [6, 6.07) is 109. The summed E-state index contributed by atoms with van der Waals surface area (Å²) in [6.07, 6.45) is 17.7. The fraction of sp³-hybridized carbons (Fsp3) is 0.0472. The van der Waals surface area contributed by atoms with Gasteiger partial charge in [-0.2, -0.15) is 0 Å². The average molecular weight is 1650 g/mol. The van der Waals surface area contributed by atoms with E-state index in [-0.39, 0.29) is 0 Å². The summed E-state index contributed by atoms with van der Waals surface area (Å²) in [5, 5.41) is 2.25. The molecule has 0 radical (unpaired) electrons. The summed E-state index contributed by atoms with van der Waals surface area (Å²) in [5.41, 5.74) is 20.5. The van der Waals surface area contributed by atoms with E-state index in [4.69, 9.17) is 4.98 Å². The van der Waals surface area contributed by atoms with Gasteiger partial charge in [0.2, 0.25) is 0 Å². The van der Waals surface area contributed by atoms with Gasteiger partial charge in [-0.1, -0.05) is 267 Å². The van der Waals surface area contributed by atoms with Gasteiger partial charge < -0.3 is 0 Å². The molecule has 21 heteroatoms. The first kappa shape index (κ1) is 82.0. The van der Waals surface area contributed by atoms with E-state index >= 15 is 0 Å². The molecular weight excluding hydrogens is 1570 g/mol. The summed E-state index contributed by atoms with van der Waals surface area (Å²) in [4.78, 5) is 93.4. The number of nitrogens with zero attached hydrogens (tertiary/aromatic N) is 21. The third-order valence-corrected chi connectivity index (χ3v) is 20.2. The van der Waals surface area contributed by atoms with Crippen LogP contribution in [0.5, 0.6) is 0 Å². The molecule has 0 aliphatic heterocycles. The molecule has 0 unspecified atom stereocenters. The van der Waals surface area contributed by atoms with Crippen LogP contribution in [0.4, 0.5) is 0 Å². The lowest BCUT2D eigenvalue weighted by Crippen LogP contribution is -1.99. The van der Waals surface area contributed by atoms with E-state index in [1.54, 1.807) is 49.6 Å². The number of hydrogen-bond donors (Lipinski definition) is 0. The van der Waals surface area contributed by atoms with Crippen LogP contribution in [0.1, 0.15) is 29.1 Å². The second-order valence-corrected chi connectivity index (χ2v) is 29.1. The van der Waals surface area contributed by atoms with Gasteiger partial charge in [0.1, 0.15) is 29.1 Å². The third-order valence-electron chi connectivity index (χ3n) is 20.2. The number of aryl methyl sites for hydroxylation is 5. The van der Waals surface area contributed by atoms with Gasteiger partial charge >= 0.3 is 0 Å². The second-order valence-electron chi connectivity index (χ2n) is 29.1. The predicted octanol–water partition coefficient (Wildman–Crippen LogP) is 22.9. The van der Waals surface area contributed by atoms with E-state index in [9.17, 15) is 0 Å². The second kappa shape index (κ2) is 39.5. The lowest BCUT2D eigenvalue weighted by Gasteiger charge is -2.09. The summed E-state index contributed by atoms with van der Waals surface area (Å²) < 4.78 is 0. The Morgan fingerprint density at radius 1 is 0.142 bits per heavy atom. The molecule has 11 aromatic heterocycles. The van der Waals surface area contributed by atoms with Gasteiger partial charge in [0.15, 0.2) is 58.2 Å². The molecule has 127 heavy (non-hydrogen) atoms. The first-order valence-electron chi connectivity index (χ1n) is 41.0. The van der Waals surface area contributed by atoms with Crippen molar-refractivity contribution in [2.75, 3.05) is 0 Å². The molecule has 0 N–H and O–H groups in total. The fourth-order valence-electron chi connectivity index (χ4n) is 14.0. The number of fused-ring (bicyclic) bond motifs is 2. The van der Waals surface area contributed by atoms with Crippen LogP contribution in [0.2, 0.25) is 0 Å². The van der Waals surface area contributed by atoms with Crippen LogP contribution >= 0.6 is 0 Å². The van der Waals surface area contributed by atoms with Gasteiger partial charge in [-0.05, 0) is 129 Å². The minimum Gasteiger partial charge on any atom is -0.265 e. The lowest BCUT2D eigenvalue weighted by molar-refractivity contribution is 0.989. The van der Waals surface area contributed by atoms with Crippen LogP contribution in [-0.2, 0) is 0 Å². The van der Waals surface area contributed by atoms with Crippen LogP contribution in [0, 0.1) is 34.6 Å². The molecule has 21 nitrogen and oxygen atoms in total.